The Balaban J connectivity index is 2.69. The van der Waals surface area contributed by atoms with E-state index in [1.165, 1.54) is 6.20 Å². The van der Waals surface area contributed by atoms with Crippen molar-refractivity contribution in [2.75, 3.05) is 0 Å². The molecule has 0 radical (unpaired) electrons. The van der Waals surface area contributed by atoms with Crippen molar-refractivity contribution in [1.29, 1.82) is 0 Å². The molecule has 0 aliphatic rings. The fourth-order valence-electron chi connectivity index (χ4n) is 1.03. The van der Waals surface area contributed by atoms with E-state index in [1.807, 2.05) is 0 Å². The molecule has 1 N–H and O–H groups in total. The van der Waals surface area contributed by atoms with E-state index in [1.54, 1.807) is 13.8 Å². The first kappa shape index (κ1) is 9.64. The number of hydrogen-bond acceptors (Lipinski definition) is 3. The molecule has 0 unspecified atom stereocenters. The van der Waals surface area contributed by atoms with Crippen LogP contribution in [0.2, 0.25) is 0 Å². The molecule has 0 saturated heterocycles. The number of aryl methyl sites for hydroxylation is 1. The smallest absolute Gasteiger partial charge is 0.173 e. The lowest BCUT2D eigenvalue weighted by Crippen LogP contribution is -2.07. The average Bonchev–Trinajstić information content (AvgIpc) is 2.51. The van der Waals surface area contributed by atoms with Crippen LogP contribution in [0.25, 0.3) is 0 Å². The molecule has 0 bridgehead atoms. The number of nitrogens with zero attached hydrogens (tertiary/aromatic N) is 1. The van der Waals surface area contributed by atoms with Crippen LogP contribution in [0.3, 0.4) is 0 Å². The molecule has 70 valence electrons. The molecule has 13 heavy (non-hydrogen) atoms. The Hall–Kier alpha value is -1.45. The van der Waals surface area contributed by atoms with Gasteiger partial charge in [-0.2, -0.15) is 5.10 Å². The maximum absolute atomic E-state index is 11.4. The monoisotopic (exact) mass is 180 g/mol. The molecule has 4 nitrogen and oxygen atoms in total. The Morgan fingerprint density at radius 3 is 2.69 bits per heavy atom. The van der Waals surface area contributed by atoms with Gasteiger partial charge >= 0.3 is 0 Å². The lowest BCUT2D eigenvalue weighted by molar-refractivity contribution is -0.117. The molecule has 4 heteroatoms. The van der Waals surface area contributed by atoms with Crippen LogP contribution in [-0.2, 0) is 4.79 Å². The van der Waals surface area contributed by atoms with Gasteiger partial charge in [0.2, 0.25) is 0 Å². The average molecular weight is 180 g/mol. The predicted molar refractivity (Wildman–Crippen MR) is 47.6 cm³/mol. The van der Waals surface area contributed by atoms with Crippen molar-refractivity contribution in [3.8, 4) is 0 Å². The predicted octanol–water partition coefficient (Wildman–Crippen LogP) is 1.27. The first-order valence-corrected chi connectivity index (χ1v) is 4.20. The third-order valence-corrected chi connectivity index (χ3v) is 1.88. The maximum Gasteiger partial charge on any atom is 0.173 e. The standard InChI is InChI=1S/C9H12N2O2/c1-3-7(12)4-9(13)8-5-10-11-6(8)2/h5H,3-4H2,1-2H3,(H,10,11). The van der Waals surface area contributed by atoms with Crippen molar-refractivity contribution >= 4 is 11.6 Å². The minimum absolute atomic E-state index is 0.0170. The number of aromatic amines is 1. The van der Waals surface area contributed by atoms with Crippen LogP contribution in [0.4, 0.5) is 0 Å². The summed E-state index contributed by atoms with van der Waals surface area (Å²) in [5.74, 6) is -0.191. The van der Waals surface area contributed by atoms with Gasteiger partial charge in [-0.3, -0.25) is 14.7 Å². The van der Waals surface area contributed by atoms with Gasteiger partial charge in [0.25, 0.3) is 0 Å². The van der Waals surface area contributed by atoms with Gasteiger partial charge in [-0.25, -0.2) is 0 Å². The number of carbonyl (C=O) groups is 2. The van der Waals surface area contributed by atoms with Gasteiger partial charge in [-0.15, -0.1) is 0 Å². The molecule has 0 spiro atoms. The Morgan fingerprint density at radius 1 is 1.54 bits per heavy atom. The van der Waals surface area contributed by atoms with Crippen LogP contribution < -0.4 is 0 Å². The SMILES string of the molecule is CCC(=O)CC(=O)c1cn[nH]c1C. The summed E-state index contributed by atoms with van der Waals surface area (Å²) >= 11 is 0. The Bertz CT molecular complexity index is 328. The van der Waals surface area contributed by atoms with E-state index >= 15 is 0 Å². The number of nitrogens with one attached hydrogen (secondary N) is 1. The lowest BCUT2D eigenvalue weighted by Gasteiger charge is -1.96. The number of carbonyl (C=O) groups excluding carboxylic acids is 2. The minimum atomic E-state index is -0.155. The summed E-state index contributed by atoms with van der Waals surface area (Å²) in [4.78, 5) is 22.4. The van der Waals surface area contributed by atoms with Gasteiger partial charge in [-0.1, -0.05) is 6.92 Å². The highest BCUT2D eigenvalue weighted by Crippen LogP contribution is 2.07. The van der Waals surface area contributed by atoms with Crippen LogP contribution >= 0.6 is 0 Å². The van der Waals surface area contributed by atoms with Crippen LogP contribution in [0.15, 0.2) is 6.20 Å². The fraction of sp³-hybridized carbons (Fsp3) is 0.444. The number of aromatic nitrogens is 2. The van der Waals surface area contributed by atoms with Gasteiger partial charge in [-0.05, 0) is 6.92 Å². The number of H-pyrrole nitrogens is 1. The highest BCUT2D eigenvalue weighted by Gasteiger charge is 2.13. The molecule has 0 aromatic carbocycles. The highest BCUT2D eigenvalue weighted by molar-refractivity contribution is 6.08. The Kier molecular flexibility index (Phi) is 2.95. The quantitative estimate of drug-likeness (QED) is 0.560. The van der Waals surface area contributed by atoms with Gasteiger partial charge in [0.1, 0.15) is 5.78 Å². The summed E-state index contributed by atoms with van der Waals surface area (Å²) < 4.78 is 0. The molecule has 0 amide bonds. The molecule has 0 atom stereocenters. The molecule has 1 aromatic heterocycles. The molecule has 0 aliphatic carbocycles. The van der Waals surface area contributed by atoms with E-state index in [4.69, 9.17) is 0 Å². The van der Waals surface area contributed by atoms with Crippen molar-refractivity contribution < 1.29 is 9.59 Å². The van der Waals surface area contributed by atoms with E-state index in [-0.39, 0.29) is 18.0 Å². The second kappa shape index (κ2) is 3.98. The zero-order valence-corrected chi connectivity index (χ0v) is 7.76. The molecule has 1 aromatic rings. The van der Waals surface area contributed by atoms with Gasteiger partial charge in [0.05, 0.1) is 18.2 Å². The topological polar surface area (TPSA) is 62.8 Å². The van der Waals surface area contributed by atoms with Crippen LogP contribution in [0, 0.1) is 6.92 Å². The fourth-order valence-corrected chi connectivity index (χ4v) is 1.03. The largest absolute Gasteiger partial charge is 0.299 e. The molecule has 1 rings (SSSR count). The lowest BCUT2D eigenvalue weighted by atomic mass is 10.1. The van der Waals surface area contributed by atoms with Crippen molar-refractivity contribution in [3.63, 3.8) is 0 Å². The molecular formula is C9H12N2O2. The van der Waals surface area contributed by atoms with Crippen LogP contribution in [-0.4, -0.2) is 21.8 Å². The minimum Gasteiger partial charge on any atom is -0.299 e. The van der Waals surface area contributed by atoms with Crippen molar-refractivity contribution in [1.82, 2.24) is 10.2 Å². The third-order valence-electron chi connectivity index (χ3n) is 1.88. The number of ketones is 2. The van der Waals surface area contributed by atoms with E-state index in [0.717, 1.165) is 0 Å². The Labute approximate surface area is 76.3 Å². The van der Waals surface area contributed by atoms with Crippen LogP contribution in [0.5, 0.6) is 0 Å². The summed E-state index contributed by atoms with van der Waals surface area (Å²) in [5, 5.41) is 6.38. The molecule has 0 saturated carbocycles. The van der Waals surface area contributed by atoms with E-state index in [9.17, 15) is 9.59 Å². The second-order valence-electron chi connectivity index (χ2n) is 2.90. The Morgan fingerprint density at radius 2 is 2.23 bits per heavy atom. The first-order chi connectivity index (χ1) is 6.15. The maximum atomic E-state index is 11.4. The van der Waals surface area contributed by atoms with Crippen molar-refractivity contribution in [2.24, 2.45) is 0 Å². The van der Waals surface area contributed by atoms with Gasteiger partial charge < -0.3 is 0 Å². The van der Waals surface area contributed by atoms with Gasteiger partial charge in [0, 0.05) is 12.1 Å². The first-order valence-electron chi connectivity index (χ1n) is 4.20. The number of Topliss-reactive ketones (excluding diaryl/α,β-unsaturated/α-hetero) is 2. The highest BCUT2D eigenvalue weighted by atomic mass is 16.1. The molecular weight excluding hydrogens is 168 g/mol. The van der Waals surface area contributed by atoms with E-state index < -0.39 is 0 Å². The van der Waals surface area contributed by atoms with Crippen molar-refractivity contribution in [2.45, 2.75) is 26.7 Å². The summed E-state index contributed by atoms with van der Waals surface area (Å²) in [6, 6.07) is 0. The zero-order chi connectivity index (χ0) is 9.84. The van der Waals surface area contributed by atoms with Crippen molar-refractivity contribution in [3.05, 3.63) is 17.5 Å². The van der Waals surface area contributed by atoms with E-state index in [0.29, 0.717) is 17.7 Å². The number of hydrogen-bond donors (Lipinski definition) is 1. The molecule has 0 fully saturated rings. The third kappa shape index (κ3) is 2.24. The second-order valence-corrected chi connectivity index (χ2v) is 2.90. The normalized spacial score (nSPS) is 10.0. The zero-order valence-electron chi connectivity index (χ0n) is 7.76. The summed E-state index contributed by atoms with van der Waals surface area (Å²) in [6.45, 7) is 3.51. The number of rotatable bonds is 4. The molecule has 0 aliphatic heterocycles. The van der Waals surface area contributed by atoms with Crippen LogP contribution in [0.1, 0.15) is 35.8 Å². The summed E-state index contributed by atoms with van der Waals surface area (Å²) in [5.41, 5.74) is 1.23. The molecule has 1 heterocycles. The van der Waals surface area contributed by atoms with Gasteiger partial charge in [0.15, 0.2) is 5.78 Å². The summed E-state index contributed by atoms with van der Waals surface area (Å²) in [7, 11) is 0. The van der Waals surface area contributed by atoms with E-state index in [2.05, 4.69) is 10.2 Å². The summed E-state index contributed by atoms with van der Waals surface area (Å²) in [6.07, 6.45) is 1.85.